The Hall–Kier alpha value is -1.03. The van der Waals surface area contributed by atoms with E-state index in [0.717, 1.165) is 10.6 Å². The van der Waals surface area contributed by atoms with E-state index >= 15 is 0 Å². The molecule has 0 aromatic carbocycles. The predicted molar refractivity (Wildman–Crippen MR) is 45.5 cm³/mol. The van der Waals surface area contributed by atoms with E-state index in [0.29, 0.717) is 0 Å². The lowest BCUT2D eigenvalue weighted by Crippen LogP contribution is -2.23. The Morgan fingerprint density at radius 2 is 2.36 bits per heavy atom. The molecular formula is C7H9NO2S. The highest BCUT2D eigenvalue weighted by molar-refractivity contribution is 7.14. The van der Waals surface area contributed by atoms with Gasteiger partial charge in [0.25, 0.3) is 0 Å². The fourth-order valence-corrected chi connectivity index (χ4v) is 1.69. The lowest BCUT2D eigenvalue weighted by atomic mass is 10.3. The zero-order chi connectivity index (χ0) is 8.43. The third-order valence-corrected chi connectivity index (χ3v) is 2.52. The van der Waals surface area contributed by atoms with Crippen molar-refractivity contribution in [3.05, 3.63) is 17.0 Å². The Kier molecular flexibility index (Phi) is 2.14. The maximum atomic E-state index is 10.5. The minimum Gasteiger partial charge on any atom is -0.465 e. The molecule has 0 saturated heterocycles. The quantitative estimate of drug-likeness (QED) is 0.703. The van der Waals surface area contributed by atoms with E-state index < -0.39 is 6.09 Å². The van der Waals surface area contributed by atoms with Crippen LogP contribution in [0.3, 0.4) is 0 Å². The van der Waals surface area contributed by atoms with E-state index in [1.807, 2.05) is 18.4 Å². The smallest absolute Gasteiger partial charge is 0.412 e. The standard InChI is InChI=1S/C7H9NO2S/c1-5-3-4-11-6(5)8(2)7(9)10/h3-4H,1-2H3,(H,9,10). The molecule has 0 radical (unpaired) electrons. The topological polar surface area (TPSA) is 40.5 Å². The first kappa shape index (κ1) is 8.07. The third kappa shape index (κ3) is 1.51. The molecule has 0 aliphatic heterocycles. The van der Waals surface area contributed by atoms with Crippen LogP contribution in [0.2, 0.25) is 0 Å². The maximum absolute atomic E-state index is 10.5. The summed E-state index contributed by atoms with van der Waals surface area (Å²) in [4.78, 5) is 11.7. The second-order valence-corrected chi connectivity index (χ2v) is 3.14. The summed E-state index contributed by atoms with van der Waals surface area (Å²) in [5, 5.41) is 11.3. The average Bonchev–Trinajstić information content (AvgIpc) is 2.33. The Bertz CT molecular complexity index is 269. The van der Waals surface area contributed by atoms with E-state index in [2.05, 4.69) is 0 Å². The lowest BCUT2D eigenvalue weighted by molar-refractivity contribution is 0.203. The summed E-state index contributed by atoms with van der Waals surface area (Å²) in [6.45, 7) is 1.89. The van der Waals surface area contributed by atoms with Crippen molar-refractivity contribution < 1.29 is 9.90 Å². The first-order chi connectivity index (χ1) is 5.13. The van der Waals surface area contributed by atoms with Gasteiger partial charge in [-0.2, -0.15) is 0 Å². The summed E-state index contributed by atoms with van der Waals surface area (Å²) >= 11 is 1.43. The lowest BCUT2D eigenvalue weighted by Gasteiger charge is -2.10. The molecular weight excluding hydrogens is 162 g/mol. The molecule has 1 heterocycles. The molecule has 0 aliphatic rings. The van der Waals surface area contributed by atoms with Gasteiger partial charge in [-0.05, 0) is 23.9 Å². The summed E-state index contributed by atoms with van der Waals surface area (Å²) < 4.78 is 0. The Balaban J connectivity index is 2.92. The van der Waals surface area contributed by atoms with Crippen LogP contribution < -0.4 is 4.90 Å². The number of hydrogen-bond acceptors (Lipinski definition) is 2. The Morgan fingerprint density at radius 1 is 1.73 bits per heavy atom. The number of thiophene rings is 1. The normalized spacial score (nSPS) is 9.64. The molecule has 3 nitrogen and oxygen atoms in total. The van der Waals surface area contributed by atoms with Crippen molar-refractivity contribution in [2.45, 2.75) is 6.92 Å². The summed E-state index contributed by atoms with van der Waals surface area (Å²) in [7, 11) is 1.54. The van der Waals surface area contributed by atoms with E-state index in [4.69, 9.17) is 5.11 Å². The summed E-state index contributed by atoms with van der Waals surface area (Å²) in [6.07, 6.45) is -0.921. The van der Waals surface area contributed by atoms with Crippen molar-refractivity contribution in [3.8, 4) is 0 Å². The molecule has 1 aromatic heterocycles. The summed E-state index contributed by atoms with van der Waals surface area (Å²) in [6, 6.07) is 1.90. The fraction of sp³-hybridized carbons (Fsp3) is 0.286. The van der Waals surface area contributed by atoms with Gasteiger partial charge in [-0.1, -0.05) is 0 Å². The van der Waals surface area contributed by atoms with Gasteiger partial charge >= 0.3 is 6.09 Å². The van der Waals surface area contributed by atoms with Gasteiger partial charge in [-0.25, -0.2) is 4.79 Å². The molecule has 1 amide bonds. The molecule has 0 atom stereocenters. The minimum atomic E-state index is -0.921. The van der Waals surface area contributed by atoms with E-state index in [1.165, 1.54) is 16.2 Å². The number of rotatable bonds is 1. The van der Waals surface area contributed by atoms with E-state index in [1.54, 1.807) is 7.05 Å². The fourth-order valence-electron chi connectivity index (χ4n) is 0.795. The number of amides is 1. The summed E-state index contributed by atoms with van der Waals surface area (Å²) in [5.74, 6) is 0. The molecule has 0 fully saturated rings. The molecule has 4 heteroatoms. The molecule has 0 aliphatic carbocycles. The van der Waals surface area contributed by atoms with Crippen molar-refractivity contribution >= 4 is 22.4 Å². The molecule has 1 N–H and O–H groups in total. The van der Waals surface area contributed by atoms with Gasteiger partial charge in [-0.15, -0.1) is 11.3 Å². The van der Waals surface area contributed by atoms with Gasteiger partial charge in [0.15, 0.2) is 0 Å². The van der Waals surface area contributed by atoms with Gasteiger partial charge in [0.1, 0.15) is 5.00 Å². The SMILES string of the molecule is Cc1ccsc1N(C)C(=O)O. The van der Waals surface area contributed by atoms with E-state index in [9.17, 15) is 4.79 Å². The van der Waals surface area contributed by atoms with Gasteiger partial charge in [0, 0.05) is 7.05 Å². The van der Waals surface area contributed by atoms with Crippen LogP contribution in [0.4, 0.5) is 9.80 Å². The molecule has 60 valence electrons. The van der Waals surface area contributed by atoms with Crippen LogP contribution in [0, 0.1) is 6.92 Å². The van der Waals surface area contributed by atoms with Crippen molar-refractivity contribution in [1.82, 2.24) is 0 Å². The molecule has 0 spiro atoms. The molecule has 1 aromatic rings. The number of hydrogen-bond donors (Lipinski definition) is 1. The average molecular weight is 171 g/mol. The number of carboxylic acid groups (broad SMARTS) is 1. The largest absolute Gasteiger partial charge is 0.465 e. The first-order valence-corrected chi connectivity index (χ1v) is 4.01. The van der Waals surface area contributed by atoms with E-state index in [-0.39, 0.29) is 0 Å². The van der Waals surface area contributed by atoms with Gasteiger partial charge in [0.05, 0.1) is 0 Å². The number of nitrogens with zero attached hydrogens (tertiary/aromatic N) is 1. The van der Waals surface area contributed by atoms with Crippen molar-refractivity contribution in [2.24, 2.45) is 0 Å². The Labute approximate surface area is 68.9 Å². The van der Waals surface area contributed by atoms with Crippen LogP contribution in [0.25, 0.3) is 0 Å². The zero-order valence-corrected chi connectivity index (χ0v) is 7.18. The zero-order valence-electron chi connectivity index (χ0n) is 6.37. The molecule has 0 bridgehead atoms. The van der Waals surface area contributed by atoms with Gasteiger partial charge < -0.3 is 5.11 Å². The Morgan fingerprint density at radius 3 is 2.73 bits per heavy atom. The number of aryl methyl sites for hydroxylation is 1. The monoisotopic (exact) mass is 171 g/mol. The number of anilines is 1. The van der Waals surface area contributed by atoms with Crippen molar-refractivity contribution in [2.75, 3.05) is 11.9 Å². The van der Waals surface area contributed by atoms with Crippen LogP contribution >= 0.6 is 11.3 Å². The van der Waals surface area contributed by atoms with Gasteiger partial charge in [0.2, 0.25) is 0 Å². The number of carbonyl (C=O) groups is 1. The highest BCUT2D eigenvalue weighted by Gasteiger charge is 2.11. The van der Waals surface area contributed by atoms with Crippen LogP contribution in [0.15, 0.2) is 11.4 Å². The highest BCUT2D eigenvalue weighted by Crippen LogP contribution is 2.25. The second-order valence-electron chi connectivity index (χ2n) is 2.25. The van der Waals surface area contributed by atoms with Crippen LogP contribution in [-0.2, 0) is 0 Å². The summed E-state index contributed by atoms with van der Waals surface area (Å²) in [5.41, 5.74) is 1.000. The minimum absolute atomic E-state index is 0.789. The van der Waals surface area contributed by atoms with Crippen LogP contribution in [0.5, 0.6) is 0 Å². The van der Waals surface area contributed by atoms with Crippen molar-refractivity contribution in [1.29, 1.82) is 0 Å². The first-order valence-electron chi connectivity index (χ1n) is 3.13. The molecule has 11 heavy (non-hydrogen) atoms. The van der Waals surface area contributed by atoms with Crippen molar-refractivity contribution in [3.63, 3.8) is 0 Å². The maximum Gasteiger partial charge on any atom is 0.412 e. The highest BCUT2D eigenvalue weighted by atomic mass is 32.1. The molecule has 0 saturated carbocycles. The van der Waals surface area contributed by atoms with Gasteiger partial charge in [-0.3, -0.25) is 4.90 Å². The van der Waals surface area contributed by atoms with Crippen LogP contribution in [0.1, 0.15) is 5.56 Å². The molecule has 1 rings (SSSR count). The van der Waals surface area contributed by atoms with Crippen LogP contribution in [-0.4, -0.2) is 18.2 Å². The molecule has 0 unspecified atom stereocenters. The predicted octanol–water partition coefficient (Wildman–Crippen LogP) is 2.17. The third-order valence-electron chi connectivity index (χ3n) is 1.43. The second kappa shape index (κ2) is 2.92.